The Morgan fingerprint density at radius 3 is 1.47 bits per heavy atom. The normalized spacial score (nSPS) is 16.7. The van der Waals surface area contributed by atoms with Gasteiger partial charge in [-0.1, -0.05) is 60.7 Å². The summed E-state index contributed by atoms with van der Waals surface area (Å²) in [5, 5.41) is 0. The fraction of sp³-hybridized carbons (Fsp3) is 0.204. The first-order valence-electron chi connectivity index (χ1n) is 19.5. The van der Waals surface area contributed by atoms with Crippen molar-refractivity contribution in [3.05, 3.63) is 178 Å². The van der Waals surface area contributed by atoms with Gasteiger partial charge in [0.25, 0.3) is 0 Å². The summed E-state index contributed by atoms with van der Waals surface area (Å²) >= 11 is 0. The first kappa shape index (κ1) is 38.6. The van der Waals surface area contributed by atoms with E-state index < -0.39 is 24.2 Å². The Morgan fingerprint density at radius 1 is 0.466 bits per heavy atom. The third-order valence-electron chi connectivity index (χ3n) is 10.4. The van der Waals surface area contributed by atoms with Crippen LogP contribution in [0.2, 0.25) is 0 Å². The van der Waals surface area contributed by atoms with Gasteiger partial charge < -0.3 is 18.9 Å². The van der Waals surface area contributed by atoms with E-state index >= 15 is 0 Å². The minimum Gasteiger partial charge on any atom is -0.465 e. The van der Waals surface area contributed by atoms with E-state index in [9.17, 15) is 23.2 Å². The summed E-state index contributed by atoms with van der Waals surface area (Å²) in [6.45, 7) is 1.18. The molecule has 2 fully saturated rings. The molecule has 0 radical (unpaired) electrons. The Labute approximate surface area is 335 Å². The molecule has 7 nitrogen and oxygen atoms in total. The van der Waals surface area contributed by atoms with E-state index in [0.717, 1.165) is 43.2 Å². The van der Waals surface area contributed by atoms with Crippen molar-refractivity contribution in [3.63, 3.8) is 0 Å². The Bertz CT molecular complexity index is 2410. The maximum atomic E-state index is 15.0. The largest absolute Gasteiger partial charge is 0.465 e. The lowest BCUT2D eigenvalue weighted by atomic mass is 9.89. The molecule has 0 spiro atoms. The summed E-state index contributed by atoms with van der Waals surface area (Å²) in [5.74, 6) is -0.817. The van der Waals surface area contributed by atoms with Gasteiger partial charge in [-0.2, -0.15) is 0 Å². The molecule has 0 N–H and O–H groups in total. The third kappa shape index (κ3) is 8.81. The number of hydrogen-bond donors (Lipinski definition) is 0. The van der Waals surface area contributed by atoms with Crippen LogP contribution in [-0.2, 0) is 9.47 Å². The molecule has 0 amide bonds. The second kappa shape index (κ2) is 17.5. The SMILES string of the molecule is O=C(c1ccc(F)cc1)c1ccc(-c2ccc(-c3ccc(C(=O)c4ccc(F)cc4)cc3)c(C(=O)c3ccc(OC4CCCCO4)cc3OC3CCCCO3)c2)cc1. The summed E-state index contributed by atoms with van der Waals surface area (Å²) < 4.78 is 51.4. The molecule has 2 aliphatic heterocycles. The van der Waals surface area contributed by atoms with Gasteiger partial charge in [0, 0.05) is 46.7 Å². The number of ketones is 3. The average Bonchev–Trinajstić information content (AvgIpc) is 3.27. The van der Waals surface area contributed by atoms with Gasteiger partial charge in [0.05, 0.1) is 18.8 Å². The number of rotatable bonds is 12. The molecule has 6 aromatic carbocycles. The van der Waals surface area contributed by atoms with Gasteiger partial charge in [-0.05, 0) is 115 Å². The van der Waals surface area contributed by atoms with Gasteiger partial charge in [0.2, 0.25) is 0 Å². The third-order valence-corrected chi connectivity index (χ3v) is 10.4. The Hall–Kier alpha value is -6.29. The molecule has 0 aliphatic carbocycles. The van der Waals surface area contributed by atoms with E-state index in [-0.39, 0.29) is 17.3 Å². The number of halogens is 2. The van der Waals surface area contributed by atoms with Crippen LogP contribution in [0, 0.1) is 11.6 Å². The Kier molecular flexibility index (Phi) is 11.6. The van der Waals surface area contributed by atoms with Crippen LogP contribution >= 0.6 is 0 Å². The van der Waals surface area contributed by atoms with Crippen LogP contribution in [0.1, 0.15) is 86.3 Å². The highest BCUT2D eigenvalue weighted by molar-refractivity contribution is 6.15. The lowest BCUT2D eigenvalue weighted by Gasteiger charge is -2.26. The lowest BCUT2D eigenvalue weighted by Crippen LogP contribution is -2.26. The fourth-order valence-electron chi connectivity index (χ4n) is 7.22. The second-order valence-corrected chi connectivity index (χ2v) is 14.4. The molecular weight excluding hydrogens is 739 g/mol. The highest BCUT2D eigenvalue weighted by atomic mass is 19.1. The molecule has 6 aromatic rings. The summed E-state index contributed by atoms with van der Waals surface area (Å²) in [7, 11) is 0. The molecule has 2 heterocycles. The molecule has 0 aromatic heterocycles. The van der Waals surface area contributed by atoms with Gasteiger partial charge in [0.15, 0.2) is 29.9 Å². The van der Waals surface area contributed by atoms with Gasteiger partial charge in [-0.25, -0.2) is 8.78 Å². The zero-order valence-corrected chi connectivity index (χ0v) is 31.6. The standard InChI is InChI=1S/C49H40F2O7/c50-38-20-15-35(16-21-38)47(52)33-11-7-31(8-12-33)37-19-25-41(32-9-13-34(14-10-32)48(53)36-17-22-39(51)23-18-36)43(29-37)49(54)42-26-24-40(57-45-5-1-3-27-55-45)30-44(42)58-46-6-2-4-28-56-46/h7-26,29-30,45-46H,1-6,27-28H2. The van der Waals surface area contributed by atoms with Crippen LogP contribution in [0.3, 0.4) is 0 Å². The van der Waals surface area contributed by atoms with Crippen LogP contribution in [0.5, 0.6) is 11.5 Å². The van der Waals surface area contributed by atoms with E-state index in [4.69, 9.17) is 18.9 Å². The number of benzene rings is 6. The first-order valence-corrected chi connectivity index (χ1v) is 19.5. The number of carbonyl (C=O) groups is 3. The quantitative estimate of drug-likeness (QED) is 0.114. The van der Waals surface area contributed by atoms with Crippen LogP contribution < -0.4 is 9.47 Å². The molecule has 9 heteroatoms. The summed E-state index contributed by atoms with van der Waals surface area (Å²) in [6, 6.07) is 35.5. The fourth-order valence-corrected chi connectivity index (χ4v) is 7.22. The molecule has 58 heavy (non-hydrogen) atoms. The van der Waals surface area contributed by atoms with Crippen molar-refractivity contribution in [1.82, 2.24) is 0 Å². The van der Waals surface area contributed by atoms with Crippen LogP contribution in [-0.4, -0.2) is 43.1 Å². The van der Waals surface area contributed by atoms with Crippen LogP contribution in [0.15, 0.2) is 133 Å². The first-order chi connectivity index (χ1) is 28.3. The van der Waals surface area contributed by atoms with Crippen molar-refractivity contribution in [2.45, 2.75) is 51.1 Å². The molecule has 8 rings (SSSR count). The lowest BCUT2D eigenvalue weighted by molar-refractivity contribution is -0.109. The van der Waals surface area contributed by atoms with E-state index in [1.807, 2.05) is 30.3 Å². The van der Waals surface area contributed by atoms with Crippen molar-refractivity contribution >= 4 is 17.3 Å². The van der Waals surface area contributed by atoms with Crippen molar-refractivity contribution in [2.24, 2.45) is 0 Å². The predicted octanol–water partition coefficient (Wildman–Crippen LogP) is 10.8. The van der Waals surface area contributed by atoms with Gasteiger partial charge >= 0.3 is 0 Å². The predicted molar refractivity (Wildman–Crippen MR) is 215 cm³/mol. The monoisotopic (exact) mass is 778 g/mol. The molecule has 2 saturated heterocycles. The molecule has 0 saturated carbocycles. The molecule has 2 aliphatic rings. The minimum atomic E-state index is -0.533. The van der Waals surface area contributed by atoms with E-state index in [1.54, 1.807) is 54.6 Å². The maximum Gasteiger partial charge on any atom is 0.199 e. The molecule has 292 valence electrons. The van der Waals surface area contributed by atoms with Crippen LogP contribution in [0.4, 0.5) is 8.78 Å². The number of ether oxygens (including phenoxy) is 4. The van der Waals surface area contributed by atoms with E-state index in [1.165, 1.54) is 48.5 Å². The topological polar surface area (TPSA) is 88.1 Å². The van der Waals surface area contributed by atoms with Gasteiger partial charge in [-0.15, -0.1) is 0 Å². The molecule has 2 atom stereocenters. The smallest absolute Gasteiger partial charge is 0.199 e. The summed E-state index contributed by atoms with van der Waals surface area (Å²) in [5.41, 5.74) is 5.07. The number of carbonyl (C=O) groups excluding carboxylic acids is 3. The van der Waals surface area contributed by atoms with Gasteiger partial charge in [0.1, 0.15) is 23.1 Å². The van der Waals surface area contributed by atoms with Crippen molar-refractivity contribution in [3.8, 4) is 33.8 Å². The van der Waals surface area contributed by atoms with E-state index in [0.29, 0.717) is 75.6 Å². The summed E-state index contributed by atoms with van der Waals surface area (Å²) in [6.07, 6.45) is 4.34. The second-order valence-electron chi connectivity index (χ2n) is 14.4. The van der Waals surface area contributed by atoms with Gasteiger partial charge in [-0.3, -0.25) is 14.4 Å². The zero-order valence-electron chi connectivity index (χ0n) is 31.6. The molecule has 2 unspecified atom stereocenters. The maximum absolute atomic E-state index is 15.0. The Balaban J connectivity index is 1.16. The minimum absolute atomic E-state index is 0.240. The molecular formula is C49H40F2O7. The number of hydrogen-bond acceptors (Lipinski definition) is 7. The van der Waals surface area contributed by atoms with Crippen molar-refractivity contribution in [2.75, 3.05) is 13.2 Å². The highest BCUT2D eigenvalue weighted by Gasteiger charge is 2.25. The summed E-state index contributed by atoms with van der Waals surface area (Å²) in [4.78, 5) is 41.3. The van der Waals surface area contributed by atoms with Crippen LogP contribution in [0.25, 0.3) is 22.3 Å². The zero-order chi connectivity index (χ0) is 40.0. The highest BCUT2D eigenvalue weighted by Crippen LogP contribution is 2.36. The average molecular weight is 779 g/mol. The van der Waals surface area contributed by atoms with Crippen molar-refractivity contribution < 1.29 is 42.1 Å². The Morgan fingerprint density at radius 2 is 0.948 bits per heavy atom. The molecule has 0 bridgehead atoms. The van der Waals surface area contributed by atoms with Crippen molar-refractivity contribution in [1.29, 1.82) is 0 Å². The van der Waals surface area contributed by atoms with E-state index in [2.05, 4.69) is 0 Å².